The number of aromatic nitrogens is 2. The van der Waals surface area contributed by atoms with Crippen LogP contribution < -0.4 is 15.0 Å². The van der Waals surface area contributed by atoms with E-state index in [0.29, 0.717) is 33.7 Å². The fraction of sp³-hybridized carbons (Fsp3) is 0.250. The highest BCUT2D eigenvalue weighted by atomic mass is 79.9. The summed E-state index contributed by atoms with van der Waals surface area (Å²) in [5.41, 5.74) is -0.334. The summed E-state index contributed by atoms with van der Waals surface area (Å²) >= 11 is 3.52. The zero-order chi connectivity index (χ0) is 27.4. The Balaban J connectivity index is 1.86. The molecule has 0 radical (unpaired) electrons. The van der Waals surface area contributed by atoms with Crippen LogP contribution in [0, 0.1) is 0 Å². The van der Waals surface area contributed by atoms with Crippen LogP contribution in [0.5, 0.6) is 11.5 Å². The van der Waals surface area contributed by atoms with E-state index in [4.69, 9.17) is 9.47 Å². The summed E-state index contributed by atoms with van der Waals surface area (Å²) in [6, 6.07) is 14.7. The number of hydrogen-bond acceptors (Lipinski definition) is 5. The minimum absolute atomic E-state index is 0.0168. The second-order valence-electron chi connectivity index (χ2n) is 8.49. The maximum atomic E-state index is 13.4. The van der Waals surface area contributed by atoms with Crippen molar-refractivity contribution >= 4 is 33.0 Å². The Hall–Kier alpha value is -3.66. The Bertz CT molecular complexity index is 1550. The molecule has 0 amide bonds. The normalized spacial score (nSPS) is 12.7. The summed E-state index contributed by atoms with van der Waals surface area (Å²) in [7, 11) is 0. The zero-order valence-corrected chi connectivity index (χ0v) is 22.5. The number of benzene rings is 3. The molecule has 6 nitrogen and oxygen atoms in total. The average molecular weight is 588 g/mol. The summed E-state index contributed by atoms with van der Waals surface area (Å²) < 4.78 is 53.7. The van der Waals surface area contributed by atoms with Crippen molar-refractivity contribution in [1.82, 2.24) is 9.66 Å². The van der Waals surface area contributed by atoms with E-state index in [-0.39, 0.29) is 22.9 Å². The number of rotatable bonds is 8. The number of fused-ring (bicyclic) bond motifs is 1. The van der Waals surface area contributed by atoms with Gasteiger partial charge in [0.25, 0.3) is 5.56 Å². The van der Waals surface area contributed by atoms with Crippen LogP contribution in [0.2, 0.25) is 0 Å². The van der Waals surface area contributed by atoms with Gasteiger partial charge in [-0.1, -0.05) is 31.2 Å². The van der Waals surface area contributed by atoms with Gasteiger partial charge in [0.15, 0.2) is 17.3 Å². The van der Waals surface area contributed by atoms with Gasteiger partial charge in [-0.3, -0.25) is 4.79 Å². The number of halogens is 4. The number of para-hydroxylation sites is 1. The Morgan fingerprint density at radius 2 is 1.87 bits per heavy atom. The molecule has 0 aliphatic carbocycles. The van der Waals surface area contributed by atoms with Crippen molar-refractivity contribution in [1.29, 1.82) is 0 Å². The highest BCUT2D eigenvalue weighted by molar-refractivity contribution is 9.10. The average Bonchev–Trinajstić information content (AvgIpc) is 2.89. The van der Waals surface area contributed by atoms with Gasteiger partial charge in [-0.05, 0) is 78.2 Å². The zero-order valence-electron chi connectivity index (χ0n) is 20.9. The van der Waals surface area contributed by atoms with Crippen molar-refractivity contribution in [3.63, 3.8) is 0 Å². The van der Waals surface area contributed by atoms with Gasteiger partial charge in [0.2, 0.25) is 0 Å². The highest BCUT2D eigenvalue weighted by Crippen LogP contribution is 2.38. The number of alkyl halides is 3. The first-order chi connectivity index (χ1) is 18.1. The lowest BCUT2D eigenvalue weighted by atomic mass is 10.1. The standard InChI is InChI=1S/C28H25BrF3N3O3/c1-4-17(3)38-25-22(29)13-18(14-24(25)37-5-2)16-33-35-26(19-9-8-10-20(15-19)28(30,31)32)34-23-12-7-6-11-21(23)27(35)36/h6-17H,4-5H2,1-3H3/t17-/m0/s1. The van der Waals surface area contributed by atoms with Gasteiger partial charge in [-0.2, -0.15) is 22.9 Å². The highest BCUT2D eigenvalue weighted by Gasteiger charge is 2.31. The van der Waals surface area contributed by atoms with Crippen LogP contribution in [-0.2, 0) is 6.18 Å². The molecule has 0 bridgehead atoms. The molecule has 0 N–H and O–H groups in total. The second-order valence-corrected chi connectivity index (χ2v) is 9.35. The fourth-order valence-corrected chi connectivity index (χ4v) is 4.25. The molecule has 198 valence electrons. The van der Waals surface area contributed by atoms with E-state index < -0.39 is 17.3 Å². The predicted octanol–water partition coefficient (Wildman–Crippen LogP) is 7.30. The Morgan fingerprint density at radius 3 is 2.58 bits per heavy atom. The van der Waals surface area contributed by atoms with E-state index in [9.17, 15) is 18.0 Å². The van der Waals surface area contributed by atoms with Gasteiger partial charge in [0, 0.05) is 5.56 Å². The molecule has 0 fully saturated rings. The Morgan fingerprint density at radius 1 is 1.11 bits per heavy atom. The molecular formula is C28H25BrF3N3O3. The first-order valence-electron chi connectivity index (χ1n) is 12.0. The third-order valence-corrected chi connectivity index (χ3v) is 6.34. The Labute approximate surface area is 225 Å². The smallest absolute Gasteiger partial charge is 0.416 e. The quantitative estimate of drug-likeness (QED) is 0.203. The van der Waals surface area contributed by atoms with Crippen molar-refractivity contribution in [3.05, 3.63) is 86.6 Å². The van der Waals surface area contributed by atoms with Gasteiger partial charge in [0.05, 0.1) is 39.9 Å². The molecule has 38 heavy (non-hydrogen) atoms. The van der Waals surface area contributed by atoms with E-state index in [2.05, 4.69) is 26.0 Å². The van der Waals surface area contributed by atoms with Crippen LogP contribution in [0.15, 0.2) is 75.0 Å². The van der Waals surface area contributed by atoms with Gasteiger partial charge >= 0.3 is 6.18 Å². The summed E-state index contributed by atoms with van der Waals surface area (Å²) in [5.74, 6) is 1.02. The van der Waals surface area contributed by atoms with Crippen molar-refractivity contribution in [2.24, 2.45) is 5.10 Å². The number of nitrogens with zero attached hydrogens (tertiary/aromatic N) is 3. The van der Waals surface area contributed by atoms with Crippen molar-refractivity contribution in [3.8, 4) is 22.9 Å². The maximum Gasteiger partial charge on any atom is 0.416 e. The molecule has 10 heteroatoms. The molecule has 1 aromatic heterocycles. The first-order valence-corrected chi connectivity index (χ1v) is 12.8. The molecule has 0 spiro atoms. The van der Waals surface area contributed by atoms with Gasteiger partial charge < -0.3 is 9.47 Å². The van der Waals surface area contributed by atoms with Crippen LogP contribution in [0.4, 0.5) is 13.2 Å². The lowest BCUT2D eigenvalue weighted by molar-refractivity contribution is -0.137. The van der Waals surface area contributed by atoms with Crippen LogP contribution >= 0.6 is 15.9 Å². The summed E-state index contributed by atoms with van der Waals surface area (Å²) in [6.45, 7) is 6.21. The molecule has 0 aliphatic heterocycles. The maximum absolute atomic E-state index is 13.4. The second kappa shape index (κ2) is 11.4. The van der Waals surface area contributed by atoms with E-state index in [0.717, 1.165) is 23.2 Å². The van der Waals surface area contributed by atoms with E-state index >= 15 is 0 Å². The molecule has 4 rings (SSSR count). The minimum Gasteiger partial charge on any atom is -0.490 e. The number of ether oxygens (including phenoxy) is 2. The van der Waals surface area contributed by atoms with Gasteiger partial charge in [-0.25, -0.2) is 4.98 Å². The molecule has 0 unspecified atom stereocenters. The first kappa shape index (κ1) is 27.4. The monoisotopic (exact) mass is 587 g/mol. The van der Waals surface area contributed by atoms with Crippen molar-refractivity contribution in [2.45, 2.75) is 39.5 Å². The van der Waals surface area contributed by atoms with Gasteiger partial charge in [0.1, 0.15) is 0 Å². The topological polar surface area (TPSA) is 65.7 Å². The molecule has 0 saturated heterocycles. The van der Waals surface area contributed by atoms with Gasteiger partial charge in [-0.15, -0.1) is 0 Å². The summed E-state index contributed by atoms with van der Waals surface area (Å²) in [5, 5.41) is 4.65. The molecule has 0 aliphatic rings. The summed E-state index contributed by atoms with van der Waals surface area (Å²) in [4.78, 5) is 17.9. The third kappa shape index (κ3) is 5.91. The van der Waals surface area contributed by atoms with Crippen LogP contribution in [-0.4, -0.2) is 28.6 Å². The Kier molecular flexibility index (Phi) is 8.20. The van der Waals surface area contributed by atoms with Crippen LogP contribution in [0.1, 0.15) is 38.3 Å². The van der Waals surface area contributed by atoms with Crippen molar-refractivity contribution in [2.75, 3.05) is 6.61 Å². The summed E-state index contributed by atoms with van der Waals surface area (Å²) in [6.07, 6.45) is -2.36. The van der Waals surface area contributed by atoms with Crippen LogP contribution in [0.25, 0.3) is 22.3 Å². The predicted molar refractivity (Wildman–Crippen MR) is 145 cm³/mol. The molecule has 4 aromatic rings. The van der Waals surface area contributed by atoms with E-state index in [1.807, 2.05) is 20.8 Å². The third-order valence-electron chi connectivity index (χ3n) is 5.75. The molecule has 1 heterocycles. The van der Waals surface area contributed by atoms with Crippen LogP contribution in [0.3, 0.4) is 0 Å². The molecular weight excluding hydrogens is 563 g/mol. The fourth-order valence-electron chi connectivity index (χ4n) is 3.70. The van der Waals surface area contributed by atoms with E-state index in [1.165, 1.54) is 18.3 Å². The number of hydrogen-bond donors (Lipinski definition) is 0. The van der Waals surface area contributed by atoms with Crippen molar-refractivity contribution < 1.29 is 22.6 Å². The SMILES string of the molecule is CCOc1cc(C=Nn2c(-c3cccc(C(F)(F)F)c3)nc3ccccc3c2=O)cc(Br)c1O[C@@H](C)CC. The lowest BCUT2D eigenvalue weighted by Gasteiger charge is -2.18. The molecule has 3 aromatic carbocycles. The minimum atomic E-state index is -4.55. The lowest BCUT2D eigenvalue weighted by Crippen LogP contribution is -2.20. The molecule has 1 atom stereocenters. The molecule has 0 saturated carbocycles. The van der Waals surface area contributed by atoms with E-state index in [1.54, 1.807) is 36.4 Å². The largest absolute Gasteiger partial charge is 0.490 e.